The molecule has 0 saturated heterocycles. The Morgan fingerprint density at radius 3 is 2.95 bits per heavy atom. The number of nitrogens with zero attached hydrogens (tertiary/aromatic N) is 1. The minimum absolute atomic E-state index is 0.113. The fourth-order valence-corrected chi connectivity index (χ4v) is 2.91. The molecule has 0 radical (unpaired) electrons. The number of nitrogen functional groups attached to an aromatic ring is 1. The predicted octanol–water partition coefficient (Wildman–Crippen LogP) is 2.65. The molecule has 1 aliphatic rings. The van der Waals surface area contributed by atoms with Crippen LogP contribution in [0.15, 0.2) is 23.0 Å². The minimum atomic E-state index is -0.380. The Balaban J connectivity index is 2.11. The van der Waals surface area contributed by atoms with Crippen LogP contribution in [0.5, 0.6) is 0 Å². The maximum atomic E-state index is 14.0. The number of hydrogen-bond acceptors (Lipinski definition) is 4. The third-order valence-electron chi connectivity index (χ3n) is 3.55. The second-order valence-corrected chi connectivity index (χ2v) is 6.14. The molecule has 0 atom stereocenters. The van der Waals surface area contributed by atoms with E-state index >= 15 is 0 Å². The molecule has 0 aliphatic carbocycles. The topological polar surface area (TPSA) is 72.1 Å². The number of pyridine rings is 1. The summed E-state index contributed by atoms with van der Waals surface area (Å²) in [6.45, 7) is 2.95. The monoisotopic (exact) mass is 400 g/mol. The summed E-state index contributed by atoms with van der Waals surface area (Å²) < 4.78 is 16.4. The highest BCUT2D eigenvalue weighted by Gasteiger charge is 2.21. The molecular weight excluding hydrogens is 386 g/mol. The molecule has 2 heterocycles. The van der Waals surface area contributed by atoms with Gasteiger partial charge in [0.2, 0.25) is 0 Å². The lowest BCUT2D eigenvalue weighted by Crippen LogP contribution is -2.23. The van der Waals surface area contributed by atoms with Gasteiger partial charge in [-0.05, 0) is 47.7 Å². The van der Waals surface area contributed by atoms with E-state index in [-0.39, 0.29) is 11.4 Å². The van der Waals surface area contributed by atoms with Crippen LogP contribution < -0.4 is 21.9 Å². The van der Waals surface area contributed by atoms with E-state index in [1.807, 2.05) is 22.6 Å². The van der Waals surface area contributed by atoms with E-state index in [1.54, 1.807) is 23.6 Å². The van der Waals surface area contributed by atoms with Crippen molar-refractivity contribution >= 4 is 45.5 Å². The predicted molar refractivity (Wildman–Crippen MR) is 90.7 cm³/mol. The molecule has 1 aromatic heterocycles. The lowest BCUT2D eigenvalue weighted by molar-refractivity contribution is 0.631. The van der Waals surface area contributed by atoms with Crippen molar-refractivity contribution in [3.63, 3.8) is 0 Å². The van der Waals surface area contributed by atoms with Crippen LogP contribution in [0, 0.1) is 16.3 Å². The molecule has 2 aromatic rings. The standard InChI is InChI=1S/C14H14FIN4O/c1-7-12(19-10-3-2-8(16)6-9(10)15)11(17)13-18-4-5-20(13)14(7)21/h2-3,6,18-19H,4-5,17H2,1H3. The van der Waals surface area contributed by atoms with E-state index in [0.717, 1.165) is 3.57 Å². The summed E-state index contributed by atoms with van der Waals surface area (Å²) in [6, 6.07) is 4.84. The van der Waals surface area contributed by atoms with Crippen LogP contribution in [-0.4, -0.2) is 11.1 Å². The average Bonchev–Trinajstić information content (AvgIpc) is 2.93. The first kappa shape index (κ1) is 14.2. The number of benzene rings is 1. The van der Waals surface area contributed by atoms with Crippen molar-refractivity contribution in [2.45, 2.75) is 13.5 Å². The molecule has 0 amide bonds. The Kier molecular flexibility index (Phi) is 3.52. The first-order valence-electron chi connectivity index (χ1n) is 6.48. The first-order valence-corrected chi connectivity index (χ1v) is 7.55. The van der Waals surface area contributed by atoms with Crippen molar-refractivity contribution < 1.29 is 4.39 Å². The van der Waals surface area contributed by atoms with Gasteiger partial charge in [0.25, 0.3) is 5.56 Å². The number of halogens is 2. The van der Waals surface area contributed by atoms with Gasteiger partial charge in [-0.1, -0.05) is 0 Å². The molecule has 0 unspecified atom stereocenters. The van der Waals surface area contributed by atoms with Crippen LogP contribution in [0.2, 0.25) is 0 Å². The fraction of sp³-hybridized carbons (Fsp3) is 0.214. The van der Waals surface area contributed by atoms with Gasteiger partial charge in [-0.25, -0.2) is 4.39 Å². The number of nitrogens with two attached hydrogens (primary N) is 1. The van der Waals surface area contributed by atoms with Gasteiger partial charge in [0.05, 0.1) is 17.1 Å². The van der Waals surface area contributed by atoms with Gasteiger partial charge in [-0.15, -0.1) is 0 Å². The van der Waals surface area contributed by atoms with Crippen molar-refractivity contribution in [3.05, 3.63) is 43.5 Å². The third-order valence-corrected chi connectivity index (χ3v) is 4.22. The highest BCUT2D eigenvalue weighted by atomic mass is 127. The van der Waals surface area contributed by atoms with Crippen LogP contribution >= 0.6 is 22.6 Å². The highest BCUT2D eigenvalue weighted by Crippen LogP contribution is 2.33. The van der Waals surface area contributed by atoms with Crippen molar-refractivity contribution in [2.24, 2.45) is 0 Å². The molecule has 7 heteroatoms. The van der Waals surface area contributed by atoms with E-state index in [0.29, 0.717) is 41.5 Å². The molecule has 21 heavy (non-hydrogen) atoms. The summed E-state index contributed by atoms with van der Waals surface area (Å²) in [4.78, 5) is 12.3. The van der Waals surface area contributed by atoms with E-state index < -0.39 is 0 Å². The van der Waals surface area contributed by atoms with E-state index in [9.17, 15) is 9.18 Å². The second-order valence-electron chi connectivity index (χ2n) is 4.90. The molecule has 5 nitrogen and oxygen atoms in total. The Hall–Kier alpha value is -1.77. The molecule has 0 saturated carbocycles. The summed E-state index contributed by atoms with van der Waals surface area (Å²) in [7, 11) is 0. The van der Waals surface area contributed by atoms with E-state index in [2.05, 4.69) is 10.6 Å². The molecule has 4 N–H and O–H groups in total. The molecule has 0 bridgehead atoms. The van der Waals surface area contributed by atoms with Crippen LogP contribution in [-0.2, 0) is 6.54 Å². The number of anilines is 4. The zero-order chi connectivity index (χ0) is 15.1. The zero-order valence-electron chi connectivity index (χ0n) is 11.3. The second kappa shape index (κ2) is 5.21. The van der Waals surface area contributed by atoms with Gasteiger partial charge in [-0.3, -0.25) is 9.36 Å². The van der Waals surface area contributed by atoms with Gasteiger partial charge in [0, 0.05) is 22.2 Å². The largest absolute Gasteiger partial charge is 0.394 e. The summed E-state index contributed by atoms with van der Waals surface area (Å²) in [5.41, 5.74) is 7.69. The van der Waals surface area contributed by atoms with Crippen LogP contribution in [0.1, 0.15) is 5.56 Å². The number of aromatic nitrogens is 1. The van der Waals surface area contributed by atoms with E-state index in [1.165, 1.54) is 6.07 Å². The van der Waals surface area contributed by atoms with Crippen LogP contribution in [0.3, 0.4) is 0 Å². The fourth-order valence-electron chi connectivity index (χ4n) is 2.45. The Morgan fingerprint density at radius 2 is 2.24 bits per heavy atom. The molecule has 0 spiro atoms. The summed E-state index contributed by atoms with van der Waals surface area (Å²) in [5, 5.41) is 6.04. The van der Waals surface area contributed by atoms with Gasteiger partial charge >= 0.3 is 0 Å². The number of fused-ring (bicyclic) bond motifs is 1. The van der Waals surface area contributed by atoms with Gasteiger partial charge in [-0.2, -0.15) is 0 Å². The van der Waals surface area contributed by atoms with Crippen molar-refractivity contribution in [3.8, 4) is 0 Å². The average molecular weight is 400 g/mol. The third kappa shape index (κ3) is 2.35. The first-order chi connectivity index (χ1) is 9.99. The molecular formula is C14H14FIN4O. The maximum absolute atomic E-state index is 14.0. The summed E-state index contributed by atoms with van der Waals surface area (Å²) in [5.74, 6) is 0.216. The van der Waals surface area contributed by atoms with Crippen molar-refractivity contribution in [1.82, 2.24) is 4.57 Å². The Bertz CT molecular complexity index is 788. The molecule has 3 rings (SSSR count). The summed E-state index contributed by atoms with van der Waals surface area (Å²) >= 11 is 2.04. The zero-order valence-corrected chi connectivity index (χ0v) is 13.5. The number of rotatable bonds is 2. The quantitative estimate of drug-likeness (QED) is 0.678. The van der Waals surface area contributed by atoms with Crippen molar-refractivity contribution in [2.75, 3.05) is 22.9 Å². The lowest BCUT2D eigenvalue weighted by atomic mass is 10.2. The van der Waals surface area contributed by atoms with Crippen molar-refractivity contribution in [1.29, 1.82) is 0 Å². The highest BCUT2D eigenvalue weighted by molar-refractivity contribution is 14.1. The Labute approximate surface area is 134 Å². The summed E-state index contributed by atoms with van der Waals surface area (Å²) in [6.07, 6.45) is 0. The van der Waals surface area contributed by atoms with Gasteiger partial charge in [0.15, 0.2) is 0 Å². The van der Waals surface area contributed by atoms with E-state index in [4.69, 9.17) is 5.73 Å². The van der Waals surface area contributed by atoms with Crippen LogP contribution in [0.4, 0.5) is 27.3 Å². The molecule has 1 aliphatic heterocycles. The maximum Gasteiger partial charge on any atom is 0.257 e. The molecule has 1 aromatic carbocycles. The normalized spacial score (nSPS) is 12.9. The smallest absolute Gasteiger partial charge is 0.257 e. The lowest BCUT2D eigenvalue weighted by Gasteiger charge is -2.16. The van der Waals surface area contributed by atoms with Gasteiger partial charge < -0.3 is 16.4 Å². The SMILES string of the molecule is Cc1c(Nc2ccc(I)cc2F)c(N)c2n(c1=O)CCN2. The van der Waals surface area contributed by atoms with Gasteiger partial charge in [0.1, 0.15) is 11.6 Å². The number of hydrogen-bond donors (Lipinski definition) is 3. The number of nitrogens with one attached hydrogen (secondary N) is 2. The minimum Gasteiger partial charge on any atom is -0.394 e. The molecule has 0 fully saturated rings. The molecule has 110 valence electrons. The Morgan fingerprint density at radius 1 is 1.48 bits per heavy atom. The van der Waals surface area contributed by atoms with Crippen LogP contribution in [0.25, 0.3) is 0 Å².